The smallest absolute Gasteiger partial charge is 0.175 e. The Morgan fingerprint density at radius 2 is 1.85 bits per heavy atom. The molecular weight excluding hydrogens is 278 g/mol. The summed E-state index contributed by atoms with van der Waals surface area (Å²) >= 11 is 0. The van der Waals surface area contributed by atoms with Crippen LogP contribution in [0.25, 0.3) is 0 Å². The van der Waals surface area contributed by atoms with Crippen molar-refractivity contribution in [1.82, 2.24) is 4.98 Å². The van der Waals surface area contributed by atoms with Gasteiger partial charge in [0.1, 0.15) is 18.1 Å². The van der Waals surface area contributed by atoms with Crippen molar-refractivity contribution < 1.29 is 17.9 Å². The van der Waals surface area contributed by atoms with Crippen LogP contribution in [-0.2, 0) is 16.4 Å². The molecule has 6 heteroatoms. The summed E-state index contributed by atoms with van der Waals surface area (Å²) in [5, 5.41) is 0. The predicted molar refractivity (Wildman–Crippen MR) is 73.5 cm³/mol. The molecule has 0 radical (unpaired) electrons. The third-order valence-corrected chi connectivity index (χ3v) is 3.77. The molecule has 0 saturated heterocycles. The lowest BCUT2D eigenvalue weighted by atomic mass is 10.2. The molecule has 0 bridgehead atoms. The van der Waals surface area contributed by atoms with Gasteiger partial charge in [0.2, 0.25) is 0 Å². The van der Waals surface area contributed by atoms with Crippen molar-refractivity contribution in [2.75, 3.05) is 6.26 Å². The Bertz CT molecular complexity index is 691. The largest absolute Gasteiger partial charge is 0.487 e. The van der Waals surface area contributed by atoms with Crippen LogP contribution in [0.2, 0.25) is 0 Å². The van der Waals surface area contributed by atoms with Crippen molar-refractivity contribution in [3.05, 3.63) is 53.9 Å². The van der Waals surface area contributed by atoms with Gasteiger partial charge in [-0.1, -0.05) is 12.1 Å². The molecule has 2 aromatic rings. The molecule has 0 spiro atoms. The van der Waals surface area contributed by atoms with E-state index in [0.717, 1.165) is 5.56 Å². The van der Waals surface area contributed by atoms with E-state index in [0.29, 0.717) is 24.3 Å². The molecule has 0 aliphatic rings. The van der Waals surface area contributed by atoms with Crippen LogP contribution in [0, 0.1) is 0 Å². The van der Waals surface area contributed by atoms with Gasteiger partial charge in [0.05, 0.1) is 11.1 Å². The predicted octanol–water partition coefficient (Wildman–Crippen LogP) is 1.88. The SMILES string of the molecule is CS(=O)(=O)c1ccc(COc2ccc(C=O)nc2)cc1. The van der Waals surface area contributed by atoms with E-state index < -0.39 is 9.84 Å². The molecule has 0 N–H and O–H groups in total. The molecule has 1 aromatic carbocycles. The standard InChI is InChI=1S/C14H13NO4S/c1-20(17,18)14-6-2-11(3-7-14)10-19-13-5-4-12(9-16)15-8-13/h2-9H,10H2,1H3. The second-order valence-corrected chi connectivity index (χ2v) is 6.26. The minimum atomic E-state index is -3.18. The van der Waals surface area contributed by atoms with Gasteiger partial charge in [-0.3, -0.25) is 4.79 Å². The number of sulfone groups is 1. The van der Waals surface area contributed by atoms with E-state index >= 15 is 0 Å². The Morgan fingerprint density at radius 1 is 1.15 bits per heavy atom. The summed E-state index contributed by atoms with van der Waals surface area (Å²) in [5.74, 6) is 0.544. The highest BCUT2D eigenvalue weighted by atomic mass is 32.2. The molecule has 0 atom stereocenters. The number of rotatable bonds is 5. The average Bonchev–Trinajstić information content (AvgIpc) is 2.45. The van der Waals surface area contributed by atoms with E-state index in [1.807, 2.05) is 0 Å². The summed E-state index contributed by atoms with van der Waals surface area (Å²) in [6.07, 6.45) is 3.29. The number of ether oxygens (including phenoxy) is 1. The Kier molecular flexibility index (Phi) is 4.14. The summed E-state index contributed by atoms with van der Waals surface area (Å²) in [6, 6.07) is 9.70. The highest BCUT2D eigenvalue weighted by Crippen LogP contribution is 2.14. The number of nitrogens with zero attached hydrogens (tertiary/aromatic N) is 1. The van der Waals surface area contributed by atoms with Crippen LogP contribution < -0.4 is 4.74 Å². The molecule has 0 saturated carbocycles. The third kappa shape index (κ3) is 3.64. The van der Waals surface area contributed by atoms with Crippen molar-refractivity contribution in [3.8, 4) is 5.75 Å². The third-order valence-electron chi connectivity index (χ3n) is 2.64. The molecule has 104 valence electrons. The number of benzene rings is 1. The maximum absolute atomic E-state index is 11.3. The van der Waals surface area contributed by atoms with Crippen LogP contribution in [0.3, 0.4) is 0 Å². The first-order valence-electron chi connectivity index (χ1n) is 5.82. The molecule has 0 amide bonds. The van der Waals surface area contributed by atoms with E-state index in [4.69, 9.17) is 4.74 Å². The van der Waals surface area contributed by atoms with Crippen LogP contribution >= 0.6 is 0 Å². The molecule has 2 rings (SSSR count). The number of hydrogen-bond donors (Lipinski definition) is 0. The first-order valence-corrected chi connectivity index (χ1v) is 7.71. The lowest BCUT2D eigenvalue weighted by molar-refractivity contribution is 0.111. The number of carbonyl (C=O) groups is 1. The van der Waals surface area contributed by atoms with E-state index in [1.54, 1.807) is 36.4 Å². The summed E-state index contributed by atoms with van der Waals surface area (Å²) < 4.78 is 28.1. The Labute approximate surface area is 117 Å². The van der Waals surface area contributed by atoms with E-state index in [9.17, 15) is 13.2 Å². The van der Waals surface area contributed by atoms with Gasteiger partial charge < -0.3 is 4.74 Å². The maximum Gasteiger partial charge on any atom is 0.175 e. The van der Waals surface area contributed by atoms with Gasteiger partial charge in [-0.15, -0.1) is 0 Å². The molecule has 20 heavy (non-hydrogen) atoms. The van der Waals surface area contributed by atoms with Crippen molar-refractivity contribution in [2.45, 2.75) is 11.5 Å². The summed E-state index contributed by atoms with van der Waals surface area (Å²) in [4.78, 5) is 14.6. The van der Waals surface area contributed by atoms with Crippen LogP contribution in [0.15, 0.2) is 47.5 Å². The van der Waals surface area contributed by atoms with Gasteiger partial charge >= 0.3 is 0 Å². The van der Waals surface area contributed by atoms with Gasteiger partial charge in [-0.2, -0.15) is 0 Å². The molecule has 1 heterocycles. The van der Waals surface area contributed by atoms with Gasteiger partial charge in [0.25, 0.3) is 0 Å². The zero-order valence-corrected chi connectivity index (χ0v) is 11.6. The van der Waals surface area contributed by atoms with E-state index in [2.05, 4.69) is 4.98 Å². The van der Waals surface area contributed by atoms with Gasteiger partial charge in [-0.25, -0.2) is 13.4 Å². The highest BCUT2D eigenvalue weighted by Gasteiger charge is 2.06. The van der Waals surface area contributed by atoms with Crippen molar-refractivity contribution in [3.63, 3.8) is 0 Å². The molecule has 0 aliphatic carbocycles. The highest BCUT2D eigenvalue weighted by molar-refractivity contribution is 7.90. The molecule has 5 nitrogen and oxygen atoms in total. The fourth-order valence-electron chi connectivity index (χ4n) is 1.55. The molecule has 0 unspecified atom stereocenters. The topological polar surface area (TPSA) is 73.3 Å². The van der Waals surface area contributed by atoms with Crippen LogP contribution in [0.1, 0.15) is 16.1 Å². The van der Waals surface area contributed by atoms with Crippen molar-refractivity contribution >= 4 is 16.1 Å². The van der Waals surface area contributed by atoms with Gasteiger partial charge in [0.15, 0.2) is 16.1 Å². The zero-order chi connectivity index (χ0) is 14.6. The monoisotopic (exact) mass is 291 g/mol. The number of hydrogen-bond acceptors (Lipinski definition) is 5. The number of aromatic nitrogens is 1. The summed E-state index contributed by atoms with van der Waals surface area (Å²) in [7, 11) is -3.18. The summed E-state index contributed by atoms with van der Waals surface area (Å²) in [6.45, 7) is 0.298. The Hall–Kier alpha value is -2.21. The lowest BCUT2D eigenvalue weighted by Gasteiger charge is -2.06. The molecular formula is C14H13NO4S. The minimum Gasteiger partial charge on any atom is -0.487 e. The van der Waals surface area contributed by atoms with E-state index in [1.165, 1.54) is 12.5 Å². The Balaban J connectivity index is 2.01. The van der Waals surface area contributed by atoms with Gasteiger partial charge in [-0.05, 0) is 29.8 Å². The van der Waals surface area contributed by atoms with Gasteiger partial charge in [0, 0.05) is 6.26 Å². The molecule has 0 fully saturated rings. The van der Waals surface area contributed by atoms with Crippen LogP contribution in [0.4, 0.5) is 0 Å². The first kappa shape index (κ1) is 14.2. The van der Waals surface area contributed by atoms with Crippen LogP contribution in [-0.4, -0.2) is 25.9 Å². The average molecular weight is 291 g/mol. The summed E-state index contributed by atoms with van der Waals surface area (Å²) in [5.41, 5.74) is 1.19. The van der Waals surface area contributed by atoms with E-state index in [-0.39, 0.29) is 4.90 Å². The van der Waals surface area contributed by atoms with Crippen molar-refractivity contribution in [2.24, 2.45) is 0 Å². The zero-order valence-electron chi connectivity index (χ0n) is 10.8. The first-order chi connectivity index (χ1) is 9.49. The minimum absolute atomic E-state index is 0.276. The maximum atomic E-state index is 11.3. The van der Waals surface area contributed by atoms with Crippen molar-refractivity contribution in [1.29, 1.82) is 0 Å². The normalized spacial score (nSPS) is 11.1. The second kappa shape index (κ2) is 5.83. The number of pyridine rings is 1. The fraction of sp³-hybridized carbons (Fsp3) is 0.143. The Morgan fingerprint density at radius 3 is 2.35 bits per heavy atom. The lowest BCUT2D eigenvalue weighted by Crippen LogP contribution is -1.99. The quantitative estimate of drug-likeness (QED) is 0.786. The van der Waals surface area contributed by atoms with Crippen LogP contribution in [0.5, 0.6) is 5.75 Å². The molecule has 0 aliphatic heterocycles. The molecule has 1 aromatic heterocycles. The number of aldehydes is 1. The second-order valence-electron chi connectivity index (χ2n) is 4.24. The fourth-order valence-corrected chi connectivity index (χ4v) is 2.18. The number of carbonyl (C=O) groups excluding carboxylic acids is 1.